The molecule has 3 rings (SSSR count). The van der Waals surface area contributed by atoms with E-state index in [4.69, 9.17) is 23.2 Å². The van der Waals surface area contributed by atoms with Gasteiger partial charge in [0.1, 0.15) is 23.8 Å². The lowest BCUT2D eigenvalue weighted by atomic mass is 9.95. The van der Waals surface area contributed by atoms with Crippen molar-refractivity contribution < 1.29 is 53.5 Å². The molecule has 1 aliphatic carbocycles. The highest BCUT2D eigenvalue weighted by Gasteiger charge is 2.54. The molecule has 1 N–H and O–H groups in total. The molecule has 2 amide bonds. The van der Waals surface area contributed by atoms with Gasteiger partial charge in [-0.1, -0.05) is 29.3 Å². The summed E-state index contributed by atoms with van der Waals surface area (Å²) < 4.78 is 136. The Bertz CT molecular complexity index is 1400. The Balaban J connectivity index is 1.97. The van der Waals surface area contributed by atoms with Crippen LogP contribution in [0, 0.1) is 0 Å². The highest BCUT2D eigenvalue weighted by Crippen LogP contribution is 2.43. The van der Waals surface area contributed by atoms with E-state index in [1.54, 1.807) is 0 Å². The van der Waals surface area contributed by atoms with Crippen LogP contribution < -0.4 is 5.32 Å². The van der Waals surface area contributed by atoms with Gasteiger partial charge < -0.3 is 10.2 Å². The predicted molar refractivity (Wildman–Crippen MR) is 137 cm³/mol. The number of hydrogen-bond donors (Lipinski definition) is 1. The largest absolute Gasteiger partial charge is 0.417 e. The summed E-state index contributed by atoms with van der Waals surface area (Å²) >= 11 is 14.7. The van der Waals surface area contributed by atoms with Crippen molar-refractivity contribution >= 4 is 56.8 Å². The standard InChI is InChI=1S/C25H17BrCl2F10N2O2/c1-40(10-23(30,31)32)21(42)22(4-5-22)39-20(41)13-3-2-11(6-15(13)25(36,37)38)18(29)9-14(24(33,34)35)12-7-16(27)19(26)17(28)8-12/h2-3,6-9,14H,4-5,10H2,1H3,(H,39,41)/b18-9-. The fraction of sp³-hybridized carbons (Fsp3) is 0.360. The molecule has 0 radical (unpaired) electrons. The van der Waals surface area contributed by atoms with Crippen LogP contribution in [0.2, 0.25) is 10.0 Å². The maximum absolute atomic E-state index is 15.1. The second kappa shape index (κ2) is 11.9. The maximum Gasteiger partial charge on any atom is 0.417 e. The van der Waals surface area contributed by atoms with Gasteiger partial charge >= 0.3 is 18.5 Å². The van der Waals surface area contributed by atoms with Gasteiger partial charge in [-0.05, 0) is 64.7 Å². The number of amides is 2. The highest BCUT2D eigenvalue weighted by molar-refractivity contribution is 9.10. The zero-order valence-corrected chi connectivity index (χ0v) is 23.9. The maximum atomic E-state index is 15.1. The molecule has 0 aromatic heterocycles. The van der Waals surface area contributed by atoms with Crippen LogP contribution in [0.25, 0.3) is 5.83 Å². The Hall–Kier alpha value is -2.52. The van der Waals surface area contributed by atoms with Gasteiger partial charge in [-0.2, -0.15) is 39.5 Å². The van der Waals surface area contributed by atoms with Crippen LogP contribution in [-0.2, 0) is 11.0 Å². The molecule has 1 atom stereocenters. The smallest absolute Gasteiger partial charge is 0.338 e. The van der Waals surface area contributed by atoms with Crippen molar-refractivity contribution in [3.63, 3.8) is 0 Å². The van der Waals surface area contributed by atoms with Crippen LogP contribution in [0.3, 0.4) is 0 Å². The summed E-state index contributed by atoms with van der Waals surface area (Å²) in [6, 6.07) is 2.89. The Kier molecular flexibility index (Phi) is 9.60. The molecule has 0 aliphatic heterocycles. The summed E-state index contributed by atoms with van der Waals surface area (Å²) in [4.78, 5) is 25.5. The molecule has 2 aromatic rings. The molecule has 1 unspecified atom stereocenters. The van der Waals surface area contributed by atoms with Crippen LogP contribution in [0.1, 0.15) is 45.8 Å². The Labute approximate surface area is 249 Å². The quantitative estimate of drug-likeness (QED) is 0.230. The lowest BCUT2D eigenvalue weighted by Crippen LogP contribution is -2.51. The number of halogens is 13. The Morgan fingerprint density at radius 2 is 1.57 bits per heavy atom. The molecular weight excluding hydrogens is 701 g/mol. The van der Waals surface area contributed by atoms with E-state index >= 15 is 4.39 Å². The van der Waals surface area contributed by atoms with Crippen molar-refractivity contribution in [2.45, 2.75) is 42.8 Å². The molecule has 4 nitrogen and oxygen atoms in total. The number of nitrogens with zero attached hydrogens (tertiary/aromatic N) is 1. The number of benzene rings is 2. The summed E-state index contributed by atoms with van der Waals surface area (Å²) in [7, 11) is 0.803. The molecule has 1 fully saturated rings. The summed E-state index contributed by atoms with van der Waals surface area (Å²) in [6.45, 7) is -1.67. The zero-order valence-electron chi connectivity index (χ0n) is 20.8. The molecule has 230 valence electrons. The van der Waals surface area contributed by atoms with E-state index in [0.717, 1.165) is 19.2 Å². The first-order valence-corrected chi connectivity index (χ1v) is 13.1. The first-order valence-electron chi connectivity index (χ1n) is 11.5. The zero-order chi connectivity index (χ0) is 32.0. The summed E-state index contributed by atoms with van der Waals surface area (Å²) in [5.41, 5.74) is -6.35. The molecule has 1 saturated carbocycles. The van der Waals surface area contributed by atoms with Crippen LogP contribution in [0.4, 0.5) is 43.9 Å². The molecule has 0 spiro atoms. The third-order valence-electron chi connectivity index (χ3n) is 6.15. The minimum atomic E-state index is -5.33. The van der Waals surface area contributed by atoms with Gasteiger partial charge in [0.05, 0.1) is 25.6 Å². The average Bonchev–Trinajstić information content (AvgIpc) is 3.62. The Morgan fingerprint density at radius 3 is 2.02 bits per heavy atom. The molecule has 42 heavy (non-hydrogen) atoms. The monoisotopic (exact) mass is 716 g/mol. The Morgan fingerprint density at radius 1 is 1.02 bits per heavy atom. The number of carbonyl (C=O) groups is 2. The van der Waals surface area contributed by atoms with E-state index < -0.39 is 76.4 Å². The summed E-state index contributed by atoms with van der Waals surface area (Å²) in [6.07, 6.45) is -15.5. The second-order valence-electron chi connectivity index (χ2n) is 9.40. The third-order valence-corrected chi connectivity index (χ3v) is 8.06. The SMILES string of the molecule is CN(CC(F)(F)F)C(=O)C1(NC(=O)c2ccc(/C(F)=C/C(c3cc(Cl)c(Br)c(Cl)c3)C(F)(F)F)cc2C(F)(F)F)CC1. The fourth-order valence-corrected chi connectivity index (χ4v) is 4.74. The van der Waals surface area contributed by atoms with E-state index in [2.05, 4.69) is 15.9 Å². The van der Waals surface area contributed by atoms with Crippen LogP contribution in [0.15, 0.2) is 40.9 Å². The summed E-state index contributed by atoms with van der Waals surface area (Å²) in [5.74, 6) is -7.10. The van der Waals surface area contributed by atoms with E-state index in [-0.39, 0.29) is 44.4 Å². The fourth-order valence-electron chi connectivity index (χ4n) is 4.01. The van der Waals surface area contributed by atoms with Crippen LogP contribution in [0.5, 0.6) is 0 Å². The molecule has 0 saturated heterocycles. The molecule has 0 heterocycles. The van der Waals surface area contributed by atoms with Crippen molar-refractivity contribution in [1.82, 2.24) is 10.2 Å². The second-order valence-corrected chi connectivity index (χ2v) is 11.0. The number of carbonyl (C=O) groups excluding carboxylic acids is 2. The first kappa shape index (κ1) is 34.0. The lowest BCUT2D eigenvalue weighted by molar-refractivity contribution is -0.160. The van der Waals surface area contributed by atoms with Gasteiger partial charge in [0.25, 0.3) is 5.91 Å². The van der Waals surface area contributed by atoms with Crippen molar-refractivity contribution in [1.29, 1.82) is 0 Å². The third kappa shape index (κ3) is 7.90. The number of nitrogens with one attached hydrogen (secondary N) is 1. The highest BCUT2D eigenvalue weighted by atomic mass is 79.9. The molecule has 2 aromatic carbocycles. The molecular formula is C25H17BrCl2F10N2O2. The lowest BCUT2D eigenvalue weighted by Gasteiger charge is -2.25. The first-order chi connectivity index (χ1) is 19.1. The van der Waals surface area contributed by atoms with Gasteiger partial charge in [0, 0.05) is 12.6 Å². The van der Waals surface area contributed by atoms with Gasteiger partial charge in [0.2, 0.25) is 5.91 Å². The number of likely N-dealkylation sites (N-methyl/N-ethyl adjacent to an activating group) is 1. The van der Waals surface area contributed by atoms with Crippen LogP contribution in [-0.4, -0.2) is 48.2 Å². The predicted octanol–water partition coefficient (Wildman–Crippen LogP) is 8.71. The van der Waals surface area contributed by atoms with Gasteiger partial charge in [0.15, 0.2) is 0 Å². The van der Waals surface area contributed by atoms with Gasteiger partial charge in [-0.3, -0.25) is 9.59 Å². The molecule has 17 heteroatoms. The average molecular weight is 718 g/mol. The van der Waals surface area contributed by atoms with E-state index in [0.29, 0.717) is 12.1 Å². The topological polar surface area (TPSA) is 49.4 Å². The minimum Gasteiger partial charge on any atom is -0.338 e. The van der Waals surface area contributed by atoms with Gasteiger partial charge in [-0.15, -0.1) is 0 Å². The van der Waals surface area contributed by atoms with Gasteiger partial charge in [-0.25, -0.2) is 4.39 Å². The molecule has 1 aliphatic rings. The number of allylic oxidation sites excluding steroid dienone is 1. The van der Waals surface area contributed by atoms with E-state index in [1.807, 2.05) is 5.32 Å². The van der Waals surface area contributed by atoms with Crippen molar-refractivity contribution in [2.24, 2.45) is 0 Å². The number of rotatable bonds is 7. The number of alkyl halides is 9. The van der Waals surface area contributed by atoms with Crippen molar-refractivity contribution in [2.75, 3.05) is 13.6 Å². The van der Waals surface area contributed by atoms with E-state index in [1.165, 1.54) is 0 Å². The van der Waals surface area contributed by atoms with Crippen molar-refractivity contribution in [3.8, 4) is 0 Å². The minimum absolute atomic E-state index is 0.0134. The van der Waals surface area contributed by atoms with Crippen molar-refractivity contribution in [3.05, 3.63) is 73.2 Å². The van der Waals surface area contributed by atoms with Crippen LogP contribution >= 0.6 is 39.1 Å². The number of hydrogen-bond acceptors (Lipinski definition) is 2. The normalized spacial score (nSPS) is 16.2. The summed E-state index contributed by atoms with van der Waals surface area (Å²) in [5, 5.41) is 1.53. The molecule has 0 bridgehead atoms. The van der Waals surface area contributed by atoms with E-state index in [9.17, 15) is 49.1 Å².